The molecule has 0 saturated carbocycles. The maximum atomic E-state index is 12.4. The Labute approximate surface area is 117 Å². The lowest BCUT2D eigenvalue weighted by Crippen LogP contribution is -2.01. The second kappa shape index (κ2) is 5.49. The van der Waals surface area contributed by atoms with Crippen LogP contribution in [0.3, 0.4) is 0 Å². The summed E-state index contributed by atoms with van der Waals surface area (Å²) in [4.78, 5) is 16.7. The van der Waals surface area contributed by atoms with Crippen molar-refractivity contribution >= 4 is 5.78 Å². The molecule has 96 valence electrons. The first-order chi connectivity index (χ1) is 9.84. The number of carbonyl (C=O) groups excluding carboxylic acids is 1. The zero-order valence-electron chi connectivity index (χ0n) is 10.9. The van der Waals surface area contributed by atoms with Crippen LogP contribution in [0.2, 0.25) is 0 Å². The highest BCUT2D eigenvalue weighted by Crippen LogP contribution is 2.18. The van der Waals surface area contributed by atoms with Crippen molar-refractivity contribution in [3.8, 4) is 11.3 Å². The molecule has 3 rings (SSSR count). The van der Waals surface area contributed by atoms with E-state index >= 15 is 0 Å². The van der Waals surface area contributed by atoms with E-state index in [2.05, 4.69) is 4.98 Å². The monoisotopic (exact) mass is 259 g/mol. The fourth-order valence-electron chi connectivity index (χ4n) is 2.09. The molecule has 0 fully saturated rings. The second-order valence-corrected chi connectivity index (χ2v) is 4.49. The van der Waals surface area contributed by atoms with Gasteiger partial charge in [-0.15, -0.1) is 0 Å². The Kier molecular flexibility index (Phi) is 3.38. The molecule has 0 radical (unpaired) electrons. The molecule has 0 amide bonds. The smallest absolute Gasteiger partial charge is 0.193 e. The van der Waals surface area contributed by atoms with Crippen LogP contribution in [-0.4, -0.2) is 10.8 Å². The third-order valence-corrected chi connectivity index (χ3v) is 3.13. The molecule has 0 aliphatic heterocycles. The molecular weight excluding hydrogens is 246 g/mol. The van der Waals surface area contributed by atoms with Crippen LogP contribution in [-0.2, 0) is 0 Å². The SMILES string of the molecule is O=C(c1ccccc1)c1ccnc(-c2ccccc2)c1. The summed E-state index contributed by atoms with van der Waals surface area (Å²) < 4.78 is 0. The van der Waals surface area contributed by atoms with Crippen molar-refractivity contribution in [2.45, 2.75) is 0 Å². The largest absolute Gasteiger partial charge is 0.289 e. The molecule has 0 unspecified atom stereocenters. The van der Waals surface area contributed by atoms with E-state index in [1.165, 1.54) is 0 Å². The van der Waals surface area contributed by atoms with Crippen molar-refractivity contribution in [3.63, 3.8) is 0 Å². The number of rotatable bonds is 3. The van der Waals surface area contributed by atoms with Gasteiger partial charge >= 0.3 is 0 Å². The minimum Gasteiger partial charge on any atom is -0.289 e. The van der Waals surface area contributed by atoms with Gasteiger partial charge in [-0.1, -0.05) is 60.7 Å². The average molecular weight is 259 g/mol. The van der Waals surface area contributed by atoms with Crippen molar-refractivity contribution in [3.05, 3.63) is 90.1 Å². The average Bonchev–Trinajstić information content (AvgIpc) is 2.56. The summed E-state index contributed by atoms with van der Waals surface area (Å²) in [6.07, 6.45) is 1.68. The molecule has 2 aromatic carbocycles. The first kappa shape index (κ1) is 12.3. The molecule has 2 nitrogen and oxygen atoms in total. The van der Waals surface area contributed by atoms with Crippen LogP contribution in [0, 0.1) is 0 Å². The Bertz CT molecular complexity index is 721. The number of carbonyl (C=O) groups is 1. The fraction of sp³-hybridized carbons (Fsp3) is 0. The van der Waals surface area contributed by atoms with Gasteiger partial charge in [0, 0.05) is 22.9 Å². The molecular formula is C18H13NO. The Morgan fingerprint density at radius 1 is 0.750 bits per heavy atom. The van der Waals surface area contributed by atoms with Crippen LogP contribution in [0.5, 0.6) is 0 Å². The highest BCUT2D eigenvalue weighted by molar-refractivity contribution is 6.09. The first-order valence-corrected chi connectivity index (χ1v) is 6.46. The van der Waals surface area contributed by atoms with Gasteiger partial charge in [0.1, 0.15) is 0 Å². The van der Waals surface area contributed by atoms with E-state index in [4.69, 9.17) is 0 Å². The van der Waals surface area contributed by atoms with Crippen LogP contribution in [0.1, 0.15) is 15.9 Å². The van der Waals surface area contributed by atoms with Crippen LogP contribution < -0.4 is 0 Å². The van der Waals surface area contributed by atoms with E-state index in [0.29, 0.717) is 11.1 Å². The molecule has 0 atom stereocenters. The van der Waals surface area contributed by atoms with Crippen LogP contribution in [0.4, 0.5) is 0 Å². The highest BCUT2D eigenvalue weighted by atomic mass is 16.1. The second-order valence-electron chi connectivity index (χ2n) is 4.49. The Balaban J connectivity index is 1.98. The number of hydrogen-bond acceptors (Lipinski definition) is 2. The van der Waals surface area contributed by atoms with Crippen molar-refractivity contribution in [2.75, 3.05) is 0 Å². The van der Waals surface area contributed by atoms with Crippen LogP contribution >= 0.6 is 0 Å². The number of ketones is 1. The maximum Gasteiger partial charge on any atom is 0.193 e. The van der Waals surface area contributed by atoms with Gasteiger partial charge in [-0.3, -0.25) is 9.78 Å². The molecule has 1 heterocycles. The lowest BCUT2D eigenvalue weighted by molar-refractivity contribution is 0.103. The third kappa shape index (κ3) is 2.50. The predicted octanol–water partition coefficient (Wildman–Crippen LogP) is 3.98. The highest BCUT2D eigenvalue weighted by Gasteiger charge is 2.09. The molecule has 0 bridgehead atoms. The van der Waals surface area contributed by atoms with E-state index in [1.54, 1.807) is 12.3 Å². The van der Waals surface area contributed by atoms with Gasteiger partial charge in [0.05, 0.1) is 5.69 Å². The number of nitrogens with zero attached hydrogens (tertiary/aromatic N) is 1. The number of benzene rings is 2. The lowest BCUT2D eigenvalue weighted by atomic mass is 10.0. The first-order valence-electron chi connectivity index (χ1n) is 6.46. The number of hydrogen-bond donors (Lipinski definition) is 0. The summed E-state index contributed by atoms with van der Waals surface area (Å²) in [5, 5.41) is 0. The molecule has 0 saturated heterocycles. The standard InChI is InChI=1S/C18H13NO/c20-18(15-9-5-2-6-10-15)16-11-12-19-17(13-16)14-7-3-1-4-8-14/h1-13H. The summed E-state index contributed by atoms with van der Waals surface area (Å²) in [6, 6.07) is 22.7. The van der Waals surface area contributed by atoms with Crippen molar-refractivity contribution in [1.82, 2.24) is 4.98 Å². The summed E-state index contributed by atoms with van der Waals surface area (Å²) >= 11 is 0. The van der Waals surface area contributed by atoms with Gasteiger partial charge in [-0.05, 0) is 12.1 Å². The predicted molar refractivity (Wildman–Crippen MR) is 79.5 cm³/mol. The quantitative estimate of drug-likeness (QED) is 0.666. The normalized spacial score (nSPS) is 10.2. The number of aromatic nitrogens is 1. The van der Waals surface area contributed by atoms with Crippen molar-refractivity contribution in [2.24, 2.45) is 0 Å². The minimum absolute atomic E-state index is 0.0187. The fourth-order valence-corrected chi connectivity index (χ4v) is 2.09. The summed E-state index contributed by atoms with van der Waals surface area (Å²) in [5.41, 5.74) is 3.17. The number of pyridine rings is 1. The van der Waals surface area contributed by atoms with E-state index in [-0.39, 0.29) is 5.78 Å². The van der Waals surface area contributed by atoms with Gasteiger partial charge in [-0.2, -0.15) is 0 Å². The molecule has 0 N–H and O–H groups in total. The Morgan fingerprint density at radius 2 is 1.40 bits per heavy atom. The van der Waals surface area contributed by atoms with E-state index < -0.39 is 0 Å². The summed E-state index contributed by atoms with van der Waals surface area (Å²) in [5.74, 6) is 0.0187. The zero-order chi connectivity index (χ0) is 13.8. The zero-order valence-corrected chi connectivity index (χ0v) is 10.9. The van der Waals surface area contributed by atoms with Crippen LogP contribution in [0.15, 0.2) is 79.0 Å². The molecule has 20 heavy (non-hydrogen) atoms. The lowest BCUT2D eigenvalue weighted by Gasteiger charge is -2.04. The van der Waals surface area contributed by atoms with E-state index in [0.717, 1.165) is 11.3 Å². The van der Waals surface area contributed by atoms with Crippen molar-refractivity contribution in [1.29, 1.82) is 0 Å². The minimum atomic E-state index is 0.0187. The van der Waals surface area contributed by atoms with E-state index in [9.17, 15) is 4.79 Å². The molecule has 0 spiro atoms. The molecule has 2 heteroatoms. The summed E-state index contributed by atoms with van der Waals surface area (Å²) in [7, 11) is 0. The maximum absolute atomic E-state index is 12.4. The molecule has 1 aromatic heterocycles. The molecule has 0 aliphatic carbocycles. The Morgan fingerprint density at radius 3 is 2.10 bits per heavy atom. The molecule has 3 aromatic rings. The van der Waals surface area contributed by atoms with Gasteiger partial charge in [0.15, 0.2) is 5.78 Å². The van der Waals surface area contributed by atoms with Gasteiger partial charge < -0.3 is 0 Å². The third-order valence-electron chi connectivity index (χ3n) is 3.13. The van der Waals surface area contributed by atoms with Gasteiger partial charge in [0.2, 0.25) is 0 Å². The summed E-state index contributed by atoms with van der Waals surface area (Å²) in [6.45, 7) is 0. The van der Waals surface area contributed by atoms with E-state index in [1.807, 2.05) is 66.7 Å². The van der Waals surface area contributed by atoms with Gasteiger partial charge in [-0.25, -0.2) is 0 Å². The molecule has 0 aliphatic rings. The van der Waals surface area contributed by atoms with Crippen molar-refractivity contribution < 1.29 is 4.79 Å². The van der Waals surface area contributed by atoms with Gasteiger partial charge in [0.25, 0.3) is 0 Å². The Hall–Kier alpha value is -2.74. The topological polar surface area (TPSA) is 30.0 Å². The van der Waals surface area contributed by atoms with Crippen LogP contribution in [0.25, 0.3) is 11.3 Å².